The summed E-state index contributed by atoms with van der Waals surface area (Å²) in [6, 6.07) is 16.2. The topological polar surface area (TPSA) is 67.2 Å². The largest absolute Gasteiger partial charge is 0.372 e. The van der Waals surface area contributed by atoms with Crippen molar-refractivity contribution in [3.05, 3.63) is 81.2 Å². The van der Waals surface area contributed by atoms with Crippen LogP contribution in [0.15, 0.2) is 59.4 Å². The predicted molar refractivity (Wildman–Crippen MR) is 120 cm³/mol. The number of hydrogen-bond acceptors (Lipinski definition) is 4. The van der Waals surface area contributed by atoms with Gasteiger partial charge in [-0.05, 0) is 62.6 Å². The van der Waals surface area contributed by atoms with Crippen LogP contribution >= 0.6 is 11.6 Å². The lowest BCUT2D eigenvalue weighted by atomic mass is 10.1. The van der Waals surface area contributed by atoms with Crippen LogP contribution < -0.4 is 15.6 Å². The average molecular weight is 423 g/mol. The van der Waals surface area contributed by atoms with Gasteiger partial charge in [-0.2, -0.15) is 5.10 Å². The molecule has 4 rings (SSSR count). The fraction of sp³-hybridized carbons (Fsp3) is 0.261. The third-order valence-electron chi connectivity index (χ3n) is 5.25. The number of carbonyl (C=O) groups excluding carboxylic acids is 1. The Morgan fingerprint density at radius 3 is 2.43 bits per heavy atom. The van der Waals surface area contributed by atoms with Gasteiger partial charge in [-0.25, -0.2) is 4.68 Å². The van der Waals surface area contributed by atoms with Crippen molar-refractivity contribution in [3.8, 4) is 5.69 Å². The van der Waals surface area contributed by atoms with Crippen LogP contribution in [0.2, 0.25) is 5.02 Å². The summed E-state index contributed by atoms with van der Waals surface area (Å²) in [6.45, 7) is 3.86. The van der Waals surface area contributed by atoms with Crippen molar-refractivity contribution < 1.29 is 4.79 Å². The number of aromatic nitrogens is 2. The molecule has 3 aromatic rings. The molecule has 2 heterocycles. The van der Waals surface area contributed by atoms with Crippen molar-refractivity contribution in [1.29, 1.82) is 0 Å². The van der Waals surface area contributed by atoms with Gasteiger partial charge in [0.05, 0.1) is 10.7 Å². The second-order valence-electron chi connectivity index (χ2n) is 7.41. The van der Waals surface area contributed by atoms with Crippen molar-refractivity contribution >= 4 is 28.9 Å². The van der Waals surface area contributed by atoms with Gasteiger partial charge in [0.25, 0.3) is 5.91 Å². The van der Waals surface area contributed by atoms with Crippen molar-refractivity contribution in [2.24, 2.45) is 0 Å². The van der Waals surface area contributed by atoms with Crippen LogP contribution in [0.25, 0.3) is 5.69 Å². The summed E-state index contributed by atoms with van der Waals surface area (Å²) in [5.41, 5.74) is 2.35. The molecule has 1 saturated heterocycles. The number of anilines is 2. The molecule has 0 aliphatic carbocycles. The number of nitrogens with zero attached hydrogens (tertiary/aromatic N) is 3. The van der Waals surface area contributed by atoms with Crippen molar-refractivity contribution in [2.45, 2.75) is 26.2 Å². The van der Waals surface area contributed by atoms with Gasteiger partial charge in [-0.3, -0.25) is 9.59 Å². The molecule has 0 saturated carbocycles. The highest BCUT2D eigenvalue weighted by Crippen LogP contribution is 2.22. The molecular weight excluding hydrogens is 400 g/mol. The molecule has 7 heteroatoms. The Bertz CT molecular complexity index is 1120. The second-order valence-corrected chi connectivity index (χ2v) is 7.82. The second kappa shape index (κ2) is 8.71. The van der Waals surface area contributed by atoms with E-state index in [1.165, 1.54) is 30.0 Å². The molecule has 1 fully saturated rings. The van der Waals surface area contributed by atoms with Crippen LogP contribution in [0.5, 0.6) is 0 Å². The maximum atomic E-state index is 12.8. The zero-order chi connectivity index (χ0) is 21.1. The van der Waals surface area contributed by atoms with Crippen molar-refractivity contribution in [1.82, 2.24) is 9.78 Å². The Hall–Kier alpha value is -3.12. The molecule has 0 unspecified atom stereocenters. The number of nitrogens with one attached hydrogen (secondary N) is 1. The van der Waals surface area contributed by atoms with Gasteiger partial charge in [-0.15, -0.1) is 0 Å². The Morgan fingerprint density at radius 1 is 1.03 bits per heavy atom. The number of rotatable bonds is 4. The first-order valence-corrected chi connectivity index (χ1v) is 10.4. The molecule has 0 spiro atoms. The fourth-order valence-corrected chi connectivity index (χ4v) is 3.89. The summed E-state index contributed by atoms with van der Waals surface area (Å²) in [6.07, 6.45) is 3.69. The molecule has 1 aliphatic rings. The molecule has 0 radical (unpaired) electrons. The molecule has 1 amide bonds. The first-order chi connectivity index (χ1) is 14.5. The Labute approximate surface area is 180 Å². The minimum atomic E-state index is -0.550. The number of piperidine rings is 1. The number of hydrogen-bond donors (Lipinski definition) is 1. The zero-order valence-electron chi connectivity index (χ0n) is 16.8. The zero-order valence-corrected chi connectivity index (χ0v) is 17.5. The van der Waals surface area contributed by atoms with E-state index in [0.29, 0.717) is 22.1 Å². The molecule has 1 aliphatic heterocycles. The maximum Gasteiger partial charge on any atom is 0.280 e. The molecule has 30 heavy (non-hydrogen) atoms. The molecular formula is C23H23ClN4O2. The number of carbonyl (C=O) groups is 1. The van der Waals surface area contributed by atoms with Gasteiger partial charge in [0.2, 0.25) is 5.43 Å². The first-order valence-electron chi connectivity index (χ1n) is 10.1. The smallest absolute Gasteiger partial charge is 0.280 e. The van der Waals surface area contributed by atoms with Crippen LogP contribution in [0.1, 0.15) is 35.4 Å². The van der Waals surface area contributed by atoms with Crippen LogP contribution in [0, 0.1) is 6.92 Å². The molecule has 1 aromatic heterocycles. The van der Waals surface area contributed by atoms with Gasteiger partial charge >= 0.3 is 0 Å². The molecule has 0 atom stereocenters. The SMILES string of the molecule is Cc1cc(=O)c(C(=O)Nc2ccc(N3CCCCC3)cc2)nn1-c1ccccc1Cl. The van der Waals surface area contributed by atoms with E-state index in [1.54, 1.807) is 19.1 Å². The number of benzene rings is 2. The third-order valence-corrected chi connectivity index (χ3v) is 5.57. The number of aryl methyl sites for hydroxylation is 1. The Kier molecular flexibility index (Phi) is 5.86. The van der Waals surface area contributed by atoms with Crippen molar-refractivity contribution in [3.63, 3.8) is 0 Å². The van der Waals surface area contributed by atoms with E-state index in [9.17, 15) is 9.59 Å². The summed E-state index contributed by atoms with van der Waals surface area (Å²) < 4.78 is 1.51. The van der Waals surface area contributed by atoms with Crippen LogP contribution in [0.3, 0.4) is 0 Å². The number of amides is 1. The number of halogens is 1. The lowest BCUT2D eigenvalue weighted by molar-refractivity contribution is 0.101. The van der Waals surface area contributed by atoms with E-state index < -0.39 is 11.3 Å². The van der Waals surface area contributed by atoms with E-state index >= 15 is 0 Å². The normalized spacial score (nSPS) is 13.9. The van der Waals surface area contributed by atoms with Crippen molar-refractivity contribution in [2.75, 3.05) is 23.3 Å². The molecule has 1 N–H and O–H groups in total. The average Bonchev–Trinajstić information content (AvgIpc) is 2.76. The van der Waals surface area contributed by atoms with Crippen LogP contribution in [-0.2, 0) is 0 Å². The molecule has 6 nitrogen and oxygen atoms in total. The molecule has 154 valence electrons. The number of para-hydroxylation sites is 1. The van der Waals surface area contributed by atoms with E-state index in [2.05, 4.69) is 15.3 Å². The van der Waals surface area contributed by atoms with Gasteiger partial charge < -0.3 is 10.2 Å². The Balaban J connectivity index is 1.57. The molecule has 2 aromatic carbocycles. The minimum absolute atomic E-state index is 0.180. The predicted octanol–water partition coefficient (Wildman–Crippen LogP) is 4.44. The quantitative estimate of drug-likeness (QED) is 0.675. The third kappa shape index (κ3) is 4.24. The Morgan fingerprint density at radius 2 is 1.73 bits per heavy atom. The summed E-state index contributed by atoms with van der Waals surface area (Å²) in [5, 5.41) is 7.55. The summed E-state index contributed by atoms with van der Waals surface area (Å²) in [7, 11) is 0. The van der Waals surface area contributed by atoms with Gasteiger partial charge in [0.1, 0.15) is 0 Å². The summed E-state index contributed by atoms with van der Waals surface area (Å²) >= 11 is 6.27. The highest BCUT2D eigenvalue weighted by Gasteiger charge is 2.17. The monoisotopic (exact) mass is 422 g/mol. The first kappa shape index (κ1) is 20.2. The summed E-state index contributed by atoms with van der Waals surface area (Å²) in [4.78, 5) is 27.5. The standard InChI is InChI=1S/C23H23ClN4O2/c1-16-15-21(29)22(26-28(16)20-8-4-3-7-19(20)24)23(30)25-17-9-11-18(12-10-17)27-13-5-2-6-14-27/h3-4,7-12,15H,2,5-6,13-14H2,1H3,(H,25,30). The summed E-state index contributed by atoms with van der Waals surface area (Å²) in [5.74, 6) is -0.550. The highest BCUT2D eigenvalue weighted by molar-refractivity contribution is 6.32. The van der Waals surface area contributed by atoms with E-state index in [-0.39, 0.29) is 5.69 Å². The maximum absolute atomic E-state index is 12.8. The van der Waals surface area contributed by atoms with Crippen LogP contribution in [-0.4, -0.2) is 28.8 Å². The minimum Gasteiger partial charge on any atom is -0.372 e. The lowest BCUT2D eigenvalue weighted by Gasteiger charge is -2.28. The van der Waals surface area contributed by atoms with Gasteiger partial charge in [0, 0.05) is 36.2 Å². The van der Waals surface area contributed by atoms with E-state index in [1.807, 2.05) is 36.4 Å². The van der Waals surface area contributed by atoms with Crippen LogP contribution in [0.4, 0.5) is 11.4 Å². The van der Waals surface area contributed by atoms with Gasteiger partial charge in [0.15, 0.2) is 5.69 Å². The van der Waals surface area contributed by atoms with Gasteiger partial charge in [-0.1, -0.05) is 23.7 Å². The van der Waals surface area contributed by atoms with E-state index in [0.717, 1.165) is 18.8 Å². The highest BCUT2D eigenvalue weighted by atomic mass is 35.5. The van der Waals surface area contributed by atoms with E-state index in [4.69, 9.17) is 11.6 Å². The fourth-order valence-electron chi connectivity index (χ4n) is 3.67. The lowest BCUT2D eigenvalue weighted by Crippen LogP contribution is -2.29. The molecule has 0 bridgehead atoms.